The Labute approximate surface area is 134 Å². The molecule has 3 fully saturated rings. The molecule has 3 rings (SSSR count). The standard InChI is InChI=1S/C15H28O6Si/c1-3-19-22(20-4-2)21-11-15(5-12-8-16-12,6-13-9-17-13)7-14-10-18-14/h12-14,22H,3-11H2,1-2H3. The van der Waals surface area contributed by atoms with Crippen LogP contribution in [0.25, 0.3) is 0 Å². The molecule has 0 radical (unpaired) electrons. The highest BCUT2D eigenvalue weighted by Gasteiger charge is 2.46. The zero-order valence-corrected chi connectivity index (χ0v) is 14.8. The van der Waals surface area contributed by atoms with E-state index in [2.05, 4.69) is 0 Å². The Balaban J connectivity index is 1.59. The summed E-state index contributed by atoms with van der Waals surface area (Å²) in [7, 11) is -2.03. The number of epoxide rings is 3. The summed E-state index contributed by atoms with van der Waals surface area (Å²) in [6.45, 7) is 8.49. The maximum absolute atomic E-state index is 6.10. The zero-order valence-electron chi connectivity index (χ0n) is 13.6. The molecule has 22 heavy (non-hydrogen) atoms. The van der Waals surface area contributed by atoms with Crippen LogP contribution in [0.15, 0.2) is 0 Å². The first-order valence-electron chi connectivity index (χ1n) is 8.42. The molecule has 0 bridgehead atoms. The van der Waals surface area contributed by atoms with Crippen molar-refractivity contribution < 1.29 is 27.5 Å². The van der Waals surface area contributed by atoms with Gasteiger partial charge in [-0.3, -0.25) is 0 Å². The maximum atomic E-state index is 6.10. The SMILES string of the molecule is CCO[SiH](OCC)OCC(CC1CO1)(CC1CO1)CC1CO1. The van der Waals surface area contributed by atoms with E-state index in [-0.39, 0.29) is 5.41 Å². The normalized spacial score (nSPS) is 32.0. The van der Waals surface area contributed by atoms with E-state index in [0.29, 0.717) is 38.1 Å². The molecule has 0 amide bonds. The molecule has 3 aliphatic rings. The Morgan fingerprint density at radius 1 is 0.818 bits per heavy atom. The molecule has 128 valence electrons. The summed E-state index contributed by atoms with van der Waals surface area (Å²) in [5.74, 6) is 0. The summed E-state index contributed by atoms with van der Waals surface area (Å²) in [5.41, 5.74) is 0.0585. The molecule has 3 aliphatic heterocycles. The lowest BCUT2D eigenvalue weighted by molar-refractivity contribution is 0.0301. The van der Waals surface area contributed by atoms with E-state index < -0.39 is 9.53 Å². The van der Waals surface area contributed by atoms with Crippen molar-refractivity contribution >= 4 is 9.53 Å². The van der Waals surface area contributed by atoms with Crippen LogP contribution in [-0.2, 0) is 27.5 Å². The van der Waals surface area contributed by atoms with Gasteiger partial charge >= 0.3 is 9.53 Å². The van der Waals surface area contributed by atoms with Gasteiger partial charge in [0.15, 0.2) is 0 Å². The number of hydrogen-bond acceptors (Lipinski definition) is 6. The van der Waals surface area contributed by atoms with Gasteiger partial charge < -0.3 is 27.5 Å². The highest BCUT2D eigenvalue weighted by molar-refractivity contribution is 6.36. The van der Waals surface area contributed by atoms with Crippen molar-refractivity contribution in [2.75, 3.05) is 39.6 Å². The molecule has 0 aliphatic carbocycles. The van der Waals surface area contributed by atoms with Gasteiger partial charge in [-0.15, -0.1) is 0 Å². The molecular formula is C15H28O6Si. The smallest absolute Gasteiger partial charge is 0.376 e. The third kappa shape index (κ3) is 5.56. The minimum atomic E-state index is -2.03. The summed E-state index contributed by atoms with van der Waals surface area (Å²) in [6, 6.07) is 0. The van der Waals surface area contributed by atoms with Crippen molar-refractivity contribution in [3.8, 4) is 0 Å². The highest BCUT2D eigenvalue weighted by Crippen LogP contribution is 2.43. The van der Waals surface area contributed by atoms with E-state index in [1.54, 1.807) is 0 Å². The maximum Gasteiger partial charge on any atom is 0.484 e. The van der Waals surface area contributed by atoms with Gasteiger partial charge in [0.25, 0.3) is 0 Å². The summed E-state index contributed by atoms with van der Waals surface area (Å²) in [4.78, 5) is 0. The van der Waals surface area contributed by atoms with Crippen LogP contribution in [0.1, 0.15) is 33.1 Å². The van der Waals surface area contributed by atoms with Gasteiger partial charge in [0.2, 0.25) is 0 Å². The van der Waals surface area contributed by atoms with Crippen LogP contribution in [0.3, 0.4) is 0 Å². The van der Waals surface area contributed by atoms with Gasteiger partial charge in [0.1, 0.15) is 0 Å². The van der Waals surface area contributed by atoms with Crippen LogP contribution in [0.2, 0.25) is 0 Å². The van der Waals surface area contributed by atoms with Gasteiger partial charge in [-0.1, -0.05) is 0 Å². The first-order valence-corrected chi connectivity index (χ1v) is 9.84. The lowest BCUT2D eigenvalue weighted by Crippen LogP contribution is -2.37. The fraction of sp³-hybridized carbons (Fsp3) is 1.00. The summed E-state index contributed by atoms with van der Waals surface area (Å²) < 4.78 is 33.8. The Kier molecular flexibility index (Phi) is 5.89. The summed E-state index contributed by atoms with van der Waals surface area (Å²) >= 11 is 0. The zero-order chi connectivity index (χ0) is 15.4. The molecule has 0 N–H and O–H groups in total. The van der Waals surface area contributed by atoms with Crippen molar-refractivity contribution in [1.82, 2.24) is 0 Å². The molecule has 0 aromatic carbocycles. The second-order valence-corrected chi connectivity index (χ2v) is 8.07. The average molecular weight is 332 g/mol. The van der Waals surface area contributed by atoms with E-state index >= 15 is 0 Å². The molecule has 3 atom stereocenters. The van der Waals surface area contributed by atoms with Gasteiger partial charge in [0, 0.05) is 25.2 Å². The second-order valence-electron chi connectivity index (χ2n) is 6.49. The Hall–Kier alpha value is -0.0231. The third-order valence-corrected chi connectivity index (χ3v) is 5.97. The molecule has 3 heterocycles. The van der Waals surface area contributed by atoms with Gasteiger partial charge in [-0.05, 0) is 33.1 Å². The summed E-state index contributed by atoms with van der Waals surface area (Å²) in [5, 5.41) is 0. The number of rotatable bonds is 13. The van der Waals surface area contributed by atoms with Crippen molar-refractivity contribution in [3.05, 3.63) is 0 Å². The van der Waals surface area contributed by atoms with Crippen molar-refractivity contribution in [2.24, 2.45) is 5.41 Å². The van der Waals surface area contributed by atoms with E-state index in [1.807, 2.05) is 13.8 Å². The predicted molar refractivity (Wildman–Crippen MR) is 81.9 cm³/mol. The molecule has 0 saturated carbocycles. The largest absolute Gasteiger partial charge is 0.484 e. The van der Waals surface area contributed by atoms with Gasteiger partial charge in [-0.25, -0.2) is 0 Å². The topological polar surface area (TPSA) is 65.3 Å². The monoisotopic (exact) mass is 332 g/mol. The first-order chi connectivity index (χ1) is 10.7. The van der Waals surface area contributed by atoms with E-state index in [1.165, 1.54) is 0 Å². The molecular weight excluding hydrogens is 304 g/mol. The minimum absolute atomic E-state index is 0.0585. The predicted octanol–water partition coefficient (Wildman–Crippen LogP) is 1.15. The minimum Gasteiger partial charge on any atom is -0.376 e. The molecule has 0 aromatic heterocycles. The summed E-state index contributed by atoms with van der Waals surface area (Å²) in [6.07, 6.45) is 4.19. The lowest BCUT2D eigenvalue weighted by Gasteiger charge is -2.33. The van der Waals surface area contributed by atoms with Gasteiger partial charge in [0.05, 0.1) is 38.1 Å². The van der Waals surface area contributed by atoms with Gasteiger partial charge in [-0.2, -0.15) is 0 Å². The fourth-order valence-corrected chi connectivity index (χ4v) is 4.42. The molecule has 0 aromatic rings. The third-order valence-electron chi connectivity index (χ3n) is 4.32. The van der Waals surface area contributed by atoms with Crippen LogP contribution < -0.4 is 0 Å². The van der Waals surface area contributed by atoms with Crippen LogP contribution >= 0.6 is 0 Å². The molecule has 6 nitrogen and oxygen atoms in total. The first kappa shape index (κ1) is 16.8. The number of ether oxygens (including phenoxy) is 3. The van der Waals surface area contributed by atoms with Crippen molar-refractivity contribution in [1.29, 1.82) is 0 Å². The van der Waals surface area contributed by atoms with E-state index in [9.17, 15) is 0 Å². The Morgan fingerprint density at radius 2 is 1.23 bits per heavy atom. The van der Waals surface area contributed by atoms with Crippen LogP contribution in [-0.4, -0.2) is 67.5 Å². The van der Waals surface area contributed by atoms with Crippen LogP contribution in [0.4, 0.5) is 0 Å². The second kappa shape index (κ2) is 7.70. The molecule has 0 spiro atoms. The van der Waals surface area contributed by atoms with Crippen LogP contribution in [0.5, 0.6) is 0 Å². The van der Waals surface area contributed by atoms with Crippen LogP contribution in [0, 0.1) is 5.41 Å². The average Bonchev–Trinajstić information content (AvgIpc) is 3.32. The van der Waals surface area contributed by atoms with E-state index in [0.717, 1.165) is 39.1 Å². The fourth-order valence-electron chi connectivity index (χ4n) is 3.09. The van der Waals surface area contributed by atoms with Crippen molar-refractivity contribution in [2.45, 2.75) is 51.4 Å². The number of hydrogen-bond donors (Lipinski definition) is 0. The Bertz CT molecular complexity index is 301. The van der Waals surface area contributed by atoms with Crippen molar-refractivity contribution in [3.63, 3.8) is 0 Å². The highest BCUT2D eigenvalue weighted by atomic mass is 28.3. The quantitative estimate of drug-likeness (QED) is 0.372. The lowest BCUT2D eigenvalue weighted by atomic mass is 9.76. The Morgan fingerprint density at radius 3 is 1.55 bits per heavy atom. The van der Waals surface area contributed by atoms with E-state index in [4.69, 9.17) is 27.5 Å². The molecule has 3 saturated heterocycles. The molecule has 3 unspecified atom stereocenters. The molecule has 7 heteroatoms.